The third-order valence-corrected chi connectivity index (χ3v) is 5.57. The minimum absolute atomic E-state index is 0.731. The van der Waals surface area contributed by atoms with E-state index >= 15 is 0 Å². The minimum Gasteiger partial charge on any atom is -0.399 e. The van der Waals surface area contributed by atoms with Gasteiger partial charge in [0.2, 0.25) is 0 Å². The van der Waals surface area contributed by atoms with Crippen molar-refractivity contribution in [2.45, 2.75) is 25.3 Å². The number of thiazole rings is 1. The number of hydrogen-bond donors (Lipinski definition) is 1. The molecule has 2 aliphatic rings. The fourth-order valence-electron chi connectivity index (χ4n) is 3.38. The number of nitrogens with two attached hydrogens (primary N) is 1. The SMILES string of the molecule is Nc1ccc2nc(N3CCC(N4CCCC4)C3)sc2c1. The van der Waals surface area contributed by atoms with Gasteiger partial charge in [-0.05, 0) is 50.6 Å². The van der Waals surface area contributed by atoms with Crippen molar-refractivity contribution in [2.75, 3.05) is 36.8 Å². The predicted octanol–water partition coefficient (Wildman–Crippen LogP) is 2.55. The van der Waals surface area contributed by atoms with Crippen molar-refractivity contribution >= 4 is 32.4 Å². The van der Waals surface area contributed by atoms with Crippen LogP contribution in [0.3, 0.4) is 0 Å². The van der Waals surface area contributed by atoms with E-state index in [1.165, 1.54) is 37.1 Å². The average Bonchev–Trinajstić information content (AvgIpc) is 3.17. The molecule has 0 saturated carbocycles. The monoisotopic (exact) mass is 288 g/mol. The fourth-order valence-corrected chi connectivity index (χ4v) is 4.43. The second kappa shape index (κ2) is 4.90. The van der Waals surface area contributed by atoms with E-state index in [0.717, 1.165) is 35.5 Å². The van der Waals surface area contributed by atoms with Gasteiger partial charge >= 0.3 is 0 Å². The van der Waals surface area contributed by atoms with E-state index in [1.807, 2.05) is 18.2 Å². The summed E-state index contributed by atoms with van der Waals surface area (Å²) in [5, 5.41) is 1.16. The lowest BCUT2D eigenvalue weighted by Gasteiger charge is -2.23. The molecule has 4 rings (SSSR count). The quantitative estimate of drug-likeness (QED) is 0.863. The number of fused-ring (bicyclic) bond motifs is 1. The van der Waals surface area contributed by atoms with E-state index in [4.69, 9.17) is 10.7 Å². The van der Waals surface area contributed by atoms with Crippen LogP contribution in [-0.2, 0) is 0 Å². The van der Waals surface area contributed by atoms with E-state index in [9.17, 15) is 0 Å². The van der Waals surface area contributed by atoms with Crippen molar-refractivity contribution in [2.24, 2.45) is 0 Å². The van der Waals surface area contributed by atoms with Crippen molar-refractivity contribution < 1.29 is 0 Å². The highest BCUT2D eigenvalue weighted by Gasteiger charge is 2.30. The first-order valence-corrected chi connectivity index (χ1v) is 8.26. The second-order valence-electron chi connectivity index (χ2n) is 5.86. The Labute approximate surface area is 123 Å². The molecule has 4 nitrogen and oxygen atoms in total. The molecule has 0 amide bonds. The number of anilines is 2. The van der Waals surface area contributed by atoms with Crippen LogP contribution in [0.4, 0.5) is 10.8 Å². The lowest BCUT2D eigenvalue weighted by Crippen LogP contribution is -2.35. The molecule has 1 aromatic carbocycles. The maximum atomic E-state index is 5.85. The molecule has 0 radical (unpaired) electrons. The maximum absolute atomic E-state index is 5.85. The largest absolute Gasteiger partial charge is 0.399 e. The van der Waals surface area contributed by atoms with Gasteiger partial charge in [-0.1, -0.05) is 11.3 Å². The molecular weight excluding hydrogens is 268 g/mol. The summed E-state index contributed by atoms with van der Waals surface area (Å²) in [5.41, 5.74) is 7.75. The number of nitrogens with zero attached hydrogens (tertiary/aromatic N) is 3. The average molecular weight is 288 g/mol. The molecule has 0 aliphatic carbocycles. The highest BCUT2D eigenvalue weighted by atomic mass is 32.1. The molecule has 2 aliphatic heterocycles. The van der Waals surface area contributed by atoms with Gasteiger partial charge in [-0.2, -0.15) is 0 Å². The van der Waals surface area contributed by atoms with E-state index in [1.54, 1.807) is 11.3 Å². The van der Waals surface area contributed by atoms with Crippen LogP contribution in [-0.4, -0.2) is 42.1 Å². The van der Waals surface area contributed by atoms with Crippen LogP contribution in [0, 0.1) is 0 Å². The normalized spacial score (nSPS) is 24.0. The zero-order chi connectivity index (χ0) is 13.5. The number of nitrogen functional groups attached to an aromatic ring is 1. The Bertz CT molecular complexity index is 617. The molecule has 20 heavy (non-hydrogen) atoms. The number of hydrogen-bond acceptors (Lipinski definition) is 5. The summed E-state index contributed by atoms with van der Waals surface area (Å²) >= 11 is 1.77. The first kappa shape index (κ1) is 12.4. The van der Waals surface area contributed by atoms with Gasteiger partial charge in [0, 0.05) is 24.8 Å². The Hall–Kier alpha value is -1.33. The lowest BCUT2D eigenvalue weighted by molar-refractivity contribution is 0.260. The van der Waals surface area contributed by atoms with Gasteiger partial charge in [0.25, 0.3) is 0 Å². The van der Waals surface area contributed by atoms with Crippen molar-refractivity contribution in [3.8, 4) is 0 Å². The van der Waals surface area contributed by atoms with E-state index in [2.05, 4.69) is 9.80 Å². The molecule has 2 aromatic rings. The molecule has 106 valence electrons. The Balaban J connectivity index is 1.54. The van der Waals surface area contributed by atoms with Crippen LogP contribution < -0.4 is 10.6 Å². The third kappa shape index (κ3) is 2.15. The third-order valence-electron chi connectivity index (χ3n) is 4.49. The van der Waals surface area contributed by atoms with Gasteiger partial charge in [0.05, 0.1) is 10.2 Å². The lowest BCUT2D eigenvalue weighted by atomic mass is 10.2. The molecule has 1 unspecified atom stereocenters. The van der Waals surface area contributed by atoms with Crippen molar-refractivity contribution in [3.05, 3.63) is 18.2 Å². The smallest absolute Gasteiger partial charge is 0.186 e. The molecule has 3 heterocycles. The Morgan fingerprint density at radius 1 is 1.20 bits per heavy atom. The summed E-state index contributed by atoms with van der Waals surface area (Å²) < 4.78 is 1.20. The van der Waals surface area contributed by atoms with Gasteiger partial charge < -0.3 is 10.6 Å². The van der Waals surface area contributed by atoms with Crippen LogP contribution in [0.25, 0.3) is 10.2 Å². The zero-order valence-electron chi connectivity index (χ0n) is 11.6. The van der Waals surface area contributed by atoms with E-state index < -0.39 is 0 Å². The van der Waals surface area contributed by atoms with Crippen LogP contribution in [0.2, 0.25) is 0 Å². The number of likely N-dealkylation sites (tertiary alicyclic amines) is 1. The van der Waals surface area contributed by atoms with Crippen LogP contribution in [0.5, 0.6) is 0 Å². The van der Waals surface area contributed by atoms with Gasteiger partial charge in [0.1, 0.15) is 0 Å². The predicted molar refractivity (Wildman–Crippen MR) is 85.5 cm³/mol. The highest BCUT2D eigenvalue weighted by Crippen LogP contribution is 2.33. The summed E-state index contributed by atoms with van der Waals surface area (Å²) in [6.45, 7) is 4.84. The molecule has 1 atom stereocenters. The summed E-state index contributed by atoms with van der Waals surface area (Å²) in [5.74, 6) is 0. The fraction of sp³-hybridized carbons (Fsp3) is 0.533. The van der Waals surface area contributed by atoms with Gasteiger partial charge in [-0.25, -0.2) is 4.98 Å². The van der Waals surface area contributed by atoms with Gasteiger partial charge in [-0.15, -0.1) is 0 Å². The van der Waals surface area contributed by atoms with E-state index in [-0.39, 0.29) is 0 Å². The molecule has 2 saturated heterocycles. The van der Waals surface area contributed by atoms with Crippen LogP contribution in [0.15, 0.2) is 18.2 Å². The van der Waals surface area contributed by atoms with Crippen LogP contribution in [0.1, 0.15) is 19.3 Å². The first-order valence-electron chi connectivity index (χ1n) is 7.45. The molecule has 0 spiro atoms. The van der Waals surface area contributed by atoms with Gasteiger partial charge in [0.15, 0.2) is 5.13 Å². The number of aromatic nitrogens is 1. The second-order valence-corrected chi connectivity index (χ2v) is 6.86. The molecular formula is C15H20N4S. The molecule has 5 heteroatoms. The topological polar surface area (TPSA) is 45.4 Å². The number of rotatable bonds is 2. The van der Waals surface area contributed by atoms with Crippen molar-refractivity contribution in [1.29, 1.82) is 0 Å². The minimum atomic E-state index is 0.731. The maximum Gasteiger partial charge on any atom is 0.186 e. The van der Waals surface area contributed by atoms with Crippen molar-refractivity contribution in [3.63, 3.8) is 0 Å². The zero-order valence-corrected chi connectivity index (χ0v) is 12.4. The highest BCUT2D eigenvalue weighted by molar-refractivity contribution is 7.22. The van der Waals surface area contributed by atoms with Gasteiger partial charge in [-0.3, -0.25) is 4.90 Å². The molecule has 2 N–H and O–H groups in total. The number of benzene rings is 1. The van der Waals surface area contributed by atoms with E-state index in [0.29, 0.717) is 0 Å². The van der Waals surface area contributed by atoms with Crippen LogP contribution >= 0.6 is 11.3 Å². The molecule has 0 bridgehead atoms. The molecule has 1 aromatic heterocycles. The summed E-state index contributed by atoms with van der Waals surface area (Å²) in [6.07, 6.45) is 4.02. The summed E-state index contributed by atoms with van der Waals surface area (Å²) in [7, 11) is 0. The molecule has 2 fully saturated rings. The summed E-state index contributed by atoms with van der Waals surface area (Å²) in [6, 6.07) is 6.72. The van der Waals surface area contributed by atoms with Crippen molar-refractivity contribution in [1.82, 2.24) is 9.88 Å². The first-order chi connectivity index (χ1) is 9.79. The summed E-state index contributed by atoms with van der Waals surface area (Å²) in [4.78, 5) is 9.87. The standard InChI is InChI=1S/C15H20N4S/c16-11-3-4-13-14(9-11)20-15(17-13)19-8-5-12(10-19)18-6-1-2-7-18/h3-4,9,12H,1-2,5-8,10,16H2. The Morgan fingerprint density at radius 3 is 2.90 bits per heavy atom. The Kier molecular flexibility index (Phi) is 3.04. The Morgan fingerprint density at radius 2 is 2.05 bits per heavy atom.